The lowest BCUT2D eigenvalue weighted by molar-refractivity contribution is -0.146. The van der Waals surface area contributed by atoms with E-state index in [-0.39, 0.29) is 18.1 Å². The molecular weight excluding hydrogens is 452 g/mol. The number of ether oxygens (including phenoxy) is 1. The summed E-state index contributed by atoms with van der Waals surface area (Å²) in [5.74, 6) is -0.871. The molecule has 0 saturated heterocycles. The van der Waals surface area contributed by atoms with Gasteiger partial charge in [0.25, 0.3) is 0 Å². The number of fused-ring (bicyclic) bond motifs is 1. The maximum Gasteiger partial charge on any atom is 0.329 e. The fourth-order valence-electron chi connectivity index (χ4n) is 4.09. The number of carbonyl (C=O) groups excluding carboxylic acids is 2. The van der Waals surface area contributed by atoms with Gasteiger partial charge in [-0.25, -0.2) is 14.3 Å². The lowest BCUT2D eigenvalue weighted by atomic mass is 9.84. The number of nitrogens with zero attached hydrogens (tertiary/aromatic N) is 2. The van der Waals surface area contributed by atoms with E-state index in [1.807, 2.05) is 43.3 Å². The van der Waals surface area contributed by atoms with Crippen LogP contribution in [0.3, 0.4) is 0 Å². The van der Waals surface area contributed by atoms with Crippen molar-refractivity contribution in [3.63, 3.8) is 0 Å². The summed E-state index contributed by atoms with van der Waals surface area (Å²) in [7, 11) is 0. The highest BCUT2D eigenvalue weighted by Gasteiger charge is 2.42. The number of aromatic nitrogens is 2. The molecule has 2 N–H and O–H groups in total. The van der Waals surface area contributed by atoms with Crippen molar-refractivity contribution in [3.05, 3.63) is 76.1 Å². The molecule has 0 saturated carbocycles. The van der Waals surface area contributed by atoms with Crippen LogP contribution in [-0.2, 0) is 14.9 Å². The van der Waals surface area contributed by atoms with Crippen LogP contribution in [0, 0.1) is 6.92 Å². The number of aryl methyl sites for hydroxylation is 1. The van der Waals surface area contributed by atoms with E-state index in [2.05, 4.69) is 36.4 Å². The van der Waals surface area contributed by atoms with Crippen molar-refractivity contribution in [1.82, 2.24) is 14.9 Å². The van der Waals surface area contributed by atoms with Gasteiger partial charge >= 0.3 is 12.0 Å². The predicted molar refractivity (Wildman–Crippen MR) is 133 cm³/mol. The molecule has 2 aromatic carbocycles. The van der Waals surface area contributed by atoms with E-state index in [1.165, 1.54) is 10.1 Å². The number of esters is 1. The number of anilines is 2. The summed E-state index contributed by atoms with van der Waals surface area (Å²) < 4.78 is 6.77. The second-order valence-electron chi connectivity index (χ2n) is 9.46. The van der Waals surface area contributed by atoms with Crippen LogP contribution in [0.5, 0.6) is 0 Å². The fourth-order valence-corrected chi connectivity index (χ4v) is 4.27. The molecule has 2 atom stereocenters. The summed E-state index contributed by atoms with van der Waals surface area (Å²) in [6.07, 6.45) is 1.55. The topological polar surface area (TPSA) is 85.2 Å². The predicted octanol–water partition coefficient (Wildman–Crippen LogP) is 5.85. The number of imidazole rings is 1. The number of hydrogen-bond acceptors (Lipinski definition) is 5. The molecule has 0 radical (unpaired) electrons. The average molecular weight is 481 g/mol. The Morgan fingerprint density at radius 2 is 1.91 bits per heavy atom. The van der Waals surface area contributed by atoms with E-state index in [9.17, 15) is 9.59 Å². The Kier molecular flexibility index (Phi) is 6.41. The molecule has 0 fully saturated rings. The monoisotopic (exact) mass is 480 g/mol. The molecule has 34 heavy (non-hydrogen) atoms. The number of benzene rings is 2. The van der Waals surface area contributed by atoms with Gasteiger partial charge in [-0.05, 0) is 48.1 Å². The van der Waals surface area contributed by atoms with Crippen LogP contribution in [0.15, 0.2) is 48.7 Å². The fraction of sp³-hybridized carbons (Fsp3) is 0.346. The van der Waals surface area contributed by atoms with Gasteiger partial charge in [0.1, 0.15) is 5.92 Å². The van der Waals surface area contributed by atoms with Crippen LogP contribution in [0.25, 0.3) is 0 Å². The Hall–Kier alpha value is -3.32. The molecule has 0 aliphatic carbocycles. The highest BCUT2D eigenvalue weighted by molar-refractivity contribution is 6.31. The second kappa shape index (κ2) is 9.14. The number of amides is 1. The number of rotatable bonds is 5. The molecule has 1 aliphatic rings. The van der Waals surface area contributed by atoms with E-state index in [1.54, 1.807) is 19.2 Å². The molecule has 4 rings (SSSR count). The van der Waals surface area contributed by atoms with E-state index >= 15 is 0 Å². The van der Waals surface area contributed by atoms with Gasteiger partial charge in [-0.2, -0.15) is 0 Å². The summed E-state index contributed by atoms with van der Waals surface area (Å²) in [4.78, 5) is 30.7. The quantitative estimate of drug-likeness (QED) is 0.448. The lowest BCUT2D eigenvalue weighted by Gasteiger charge is -2.32. The molecule has 3 aromatic rings. The van der Waals surface area contributed by atoms with Crippen LogP contribution in [0.1, 0.15) is 62.0 Å². The number of hydrogen-bond donors (Lipinski definition) is 2. The molecule has 8 heteroatoms. The Balaban J connectivity index is 1.73. The maximum absolute atomic E-state index is 13.2. The largest absolute Gasteiger partial charge is 0.465 e. The van der Waals surface area contributed by atoms with Crippen LogP contribution >= 0.6 is 11.6 Å². The van der Waals surface area contributed by atoms with E-state index in [4.69, 9.17) is 16.3 Å². The molecule has 1 amide bonds. The van der Waals surface area contributed by atoms with Crippen LogP contribution in [-0.4, -0.2) is 28.2 Å². The first-order valence-corrected chi connectivity index (χ1v) is 11.7. The molecule has 178 valence electrons. The highest BCUT2D eigenvalue weighted by atomic mass is 35.5. The van der Waals surface area contributed by atoms with Crippen molar-refractivity contribution in [2.75, 3.05) is 11.9 Å². The van der Waals surface area contributed by atoms with Crippen molar-refractivity contribution in [2.45, 2.75) is 52.0 Å². The summed E-state index contributed by atoms with van der Waals surface area (Å²) in [6, 6.07) is 12.5. The Bertz CT molecular complexity index is 1230. The van der Waals surface area contributed by atoms with E-state index < -0.39 is 17.9 Å². The SMILES string of the molecule is CCOC(=O)[C@H]1c2cnc(Nc3ccc(C)c(Cl)c3)n2C(=O)N[C@@H]1c1ccc(C(C)(C)C)cc1. The van der Waals surface area contributed by atoms with Gasteiger partial charge in [0.15, 0.2) is 0 Å². The molecule has 0 spiro atoms. The van der Waals surface area contributed by atoms with Gasteiger partial charge in [-0.15, -0.1) is 0 Å². The summed E-state index contributed by atoms with van der Waals surface area (Å²) in [5.41, 5.74) is 4.08. The van der Waals surface area contributed by atoms with Crippen molar-refractivity contribution >= 4 is 35.2 Å². The third kappa shape index (κ3) is 4.53. The minimum Gasteiger partial charge on any atom is -0.465 e. The van der Waals surface area contributed by atoms with Gasteiger partial charge in [-0.1, -0.05) is 62.7 Å². The zero-order valence-electron chi connectivity index (χ0n) is 20.0. The van der Waals surface area contributed by atoms with Gasteiger partial charge in [-0.3, -0.25) is 4.79 Å². The van der Waals surface area contributed by atoms with Crippen LogP contribution in [0.2, 0.25) is 5.02 Å². The molecular formula is C26H29ClN4O3. The summed E-state index contributed by atoms with van der Waals surface area (Å²) >= 11 is 6.24. The lowest BCUT2D eigenvalue weighted by Crippen LogP contribution is -2.45. The number of carbonyl (C=O) groups is 2. The zero-order valence-corrected chi connectivity index (χ0v) is 20.7. The van der Waals surface area contributed by atoms with Crippen molar-refractivity contribution in [3.8, 4) is 0 Å². The molecule has 0 bridgehead atoms. The number of halogens is 1. The van der Waals surface area contributed by atoms with Crippen molar-refractivity contribution in [2.24, 2.45) is 0 Å². The van der Waals surface area contributed by atoms with Gasteiger partial charge in [0, 0.05) is 10.7 Å². The summed E-state index contributed by atoms with van der Waals surface area (Å²) in [6.45, 7) is 10.3. The Morgan fingerprint density at radius 3 is 2.53 bits per heavy atom. The molecule has 0 unspecified atom stereocenters. The Morgan fingerprint density at radius 1 is 1.21 bits per heavy atom. The Labute approximate surface area is 204 Å². The average Bonchev–Trinajstić information content (AvgIpc) is 3.20. The van der Waals surface area contributed by atoms with Crippen LogP contribution < -0.4 is 10.6 Å². The van der Waals surface area contributed by atoms with Crippen LogP contribution in [0.4, 0.5) is 16.4 Å². The summed E-state index contributed by atoms with van der Waals surface area (Å²) in [5, 5.41) is 6.72. The molecule has 7 nitrogen and oxygen atoms in total. The smallest absolute Gasteiger partial charge is 0.329 e. The van der Waals surface area contributed by atoms with Gasteiger partial charge in [0.2, 0.25) is 5.95 Å². The van der Waals surface area contributed by atoms with Gasteiger partial charge in [0.05, 0.1) is 24.5 Å². The third-order valence-electron chi connectivity index (χ3n) is 6.03. The standard InChI is InChI=1S/C26H29ClN4O3/c1-6-34-23(32)21-20-14-28-24(29-18-12-7-15(2)19(27)13-18)31(20)25(33)30-22(21)16-8-10-17(11-9-16)26(3,4)5/h7-14,21-22H,6H2,1-5H3,(H,28,29)(H,30,33)/t21-,22+/m0/s1. The first kappa shape index (κ1) is 23.8. The van der Waals surface area contributed by atoms with E-state index in [0.29, 0.717) is 22.4 Å². The van der Waals surface area contributed by atoms with Crippen molar-refractivity contribution < 1.29 is 14.3 Å². The minimum atomic E-state index is -0.747. The molecule has 1 aromatic heterocycles. The second-order valence-corrected chi connectivity index (χ2v) is 9.87. The van der Waals surface area contributed by atoms with Gasteiger partial charge < -0.3 is 15.4 Å². The zero-order chi connectivity index (χ0) is 24.6. The minimum absolute atomic E-state index is 0.00699. The first-order valence-electron chi connectivity index (χ1n) is 11.3. The third-order valence-corrected chi connectivity index (χ3v) is 6.43. The van der Waals surface area contributed by atoms with E-state index in [0.717, 1.165) is 11.1 Å². The number of nitrogens with one attached hydrogen (secondary N) is 2. The molecule has 2 heterocycles. The molecule has 1 aliphatic heterocycles. The van der Waals surface area contributed by atoms with Crippen molar-refractivity contribution in [1.29, 1.82) is 0 Å². The highest BCUT2D eigenvalue weighted by Crippen LogP contribution is 2.38. The first-order chi connectivity index (χ1) is 16.1. The normalized spacial score (nSPS) is 17.6. The maximum atomic E-state index is 13.2.